The predicted octanol–water partition coefficient (Wildman–Crippen LogP) is 7.86. The van der Waals surface area contributed by atoms with E-state index in [9.17, 15) is 8.78 Å². The minimum Gasteiger partial charge on any atom is -0.490 e. The number of rotatable bonds is 11. The molecule has 2 aromatic carbocycles. The quantitative estimate of drug-likeness (QED) is 0.302. The lowest BCUT2D eigenvalue weighted by Gasteiger charge is -2.08. The highest BCUT2D eigenvalue weighted by Crippen LogP contribution is 2.41. The van der Waals surface area contributed by atoms with Crippen LogP contribution in [0.1, 0.15) is 58.8 Å². The van der Waals surface area contributed by atoms with Gasteiger partial charge in [0.2, 0.25) is 0 Å². The summed E-state index contributed by atoms with van der Waals surface area (Å²) in [6.07, 6.45) is 7.46. The van der Waals surface area contributed by atoms with Crippen LogP contribution in [0, 0.1) is 11.6 Å². The minimum absolute atomic E-state index is 0.233. The fourth-order valence-electron chi connectivity index (χ4n) is 3.24. The first-order valence-electron chi connectivity index (χ1n) is 10.3. The average Bonchev–Trinajstić information content (AvgIpc) is 3.08. The summed E-state index contributed by atoms with van der Waals surface area (Å²) >= 11 is 1.12. The molecule has 0 saturated heterocycles. The molecule has 1 aromatic heterocycles. The lowest BCUT2D eigenvalue weighted by Crippen LogP contribution is -1.99. The van der Waals surface area contributed by atoms with Crippen molar-refractivity contribution in [3.63, 3.8) is 0 Å². The normalized spacial score (nSPS) is 11.4. The van der Waals surface area contributed by atoms with Gasteiger partial charge in [0.1, 0.15) is 0 Å². The Kier molecular flexibility index (Phi) is 7.49. The summed E-state index contributed by atoms with van der Waals surface area (Å²) in [6, 6.07) is 6.92. The second-order valence-corrected chi connectivity index (χ2v) is 8.10. The van der Waals surface area contributed by atoms with Crippen molar-refractivity contribution in [2.75, 3.05) is 13.2 Å². The first-order valence-corrected chi connectivity index (χ1v) is 11.1. The summed E-state index contributed by atoms with van der Waals surface area (Å²) in [5, 5.41) is 1.43. The monoisotopic (exact) mass is 406 g/mol. The third kappa shape index (κ3) is 4.57. The first kappa shape index (κ1) is 20.8. The molecule has 3 rings (SSSR count). The molecule has 0 radical (unpaired) electrons. The van der Waals surface area contributed by atoms with E-state index in [1.54, 1.807) is 12.1 Å². The molecule has 0 saturated carbocycles. The fourth-order valence-corrected chi connectivity index (χ4v) is 4.40. The number of fused-ring (bicyclic) bond motifs is 3. The molecular weight excluding hydrogens is 378 g/mol. The second-order valence-electron chi connectivity index (χ2n) is 7.08. The van der Waals surface area contributed by atoms with E-state index < -0.39 is 11.6 Å². The molecular formula is C23H28F2O2S. The maximum absolute atomic E-state index is 14.9. The van der Waals surface area contributed by atoms with Crippen molar-refractivity contribution < 1.29 is 18.3 Å². The summed E-state index contributed by atoms with van der Waals surface area (Å²) in [7, 11) is 0. The SMILES string of the molecule is CCCCCCCOc1ccc2c(sc3c(F)c(OCCCC)ccc32)c1F. The highest BCUT2D eigenvalue weighted by atomic mass is 32.1. The molecule has 3 aromatic rings. The standard InChI is InChI=1S/C23H28F2O2S/c1-3-5-7-8-9-15-27-19-13-11-17-16-10-12-18(26-14-6-4-2)20(24)22(16)28-23(17)21(19)25/h10-13H,3-9,14-15H2,1-2H3. The summed E-state index contributed by atoms with van der Waals surface area (Å²) in [5.74, 6) is -0.335. The van der Waals surface area contributed by atoms with Crippen molar-refractivity contribution in [3.05, 3.63) is 35.9 Å². The number of benzene rings is 2. The summed E-state index contributed by atoms with van der Waals surface area (Å²) < 4.78 is 41.9. The molecule has 0 spiro atoms. The third-order valence-electron chi connectivity index (χ3n) is 4.88. The Balaban J connectivity index is 1.80. The van der Waals surface area contributed by atoms with E-state index in [1.807, 2.05) is 12.1 Å². The van der Waals surface area contributed by atoms with E-state index in [0.29, 0.717) is 33.4 Å². The van der Waals surface area contributed by atoms with Crippen LogP contribution in [0.3, 0.4) is 0 Å². The van der Waals surface area contributed by atoms with Crippen LogP contribution in [0.4, 0.5) is 8.78 Å². The van der Waals surface area contributed by atoms with Crippen molar-refractivity contribution in [1.29, 1.82) is 0 Å². The van der Waals surface area contributed by atoms with Crippen LogP contribution in [0.15, 0.2) is 24.3 Å². The van der Waals surface area contributed by atoms with Gasteiger partial charge in [-0.1, -0.05) is 46.0 Å². The van der Waals surface area contributed by atoms with Gasteiger partial charge in [0.15, 0.2) is 23.1 Å². The number of hydrogen-bond donors (Lipinski definition) is 0. The number of unbranched alkanes of at least 4 members (excludes halogenated alkanes) is 5. The molecule has 2 nitrogen and oxygen atoms in total. The van der Waals surface area contributed by atoms with E-state index in [-0.39, 0.29) is 11.5 Å². The van der Waals surface area contributed by atoms with Crippen molar-refractivity contribution in [1.82, 2.24) is 0 Å². The van der Waals surface area contributed by atoms with Gasteiger partial charge in [0.05, 0.1) is 22.6 Å². The zero-order valence-electron chi connectivity index (χ0n) is 16.7. The van der Waals surface area contributed by atoms with Gasteiger partial charge in [-0.05, 0) is 37.1 Å². The van der Waals surface area contributed by atoms with Gasteiger partial charge in [0.25, 0.3) is 0 Å². The largest absolute Gasteiger partial charge is 0.490 e. The Morgan fingerprint density at radius 2 is 1.18 bits per heavy atom. The molecule has 28 heavy (non-hydrogen) atoms. The van der Waals surface area contributed by atoms with Gasteiger partial charge in [-0.2, -0.15) is 0 Å². The van der Waals surface area contributed by atoms with Crippen molar-refractivity contribution in [2.24, 2.45) is 0 Å². The maximum atomic E-state index is 14.9. The molecule has 0 unspecified atom stereocenters. The molecule has 0 aliphatic heterocycles. The number of ether oxygens (including phenoxy) is 2. The number of thiophene rings is 1. The lowest BCUT2D eigenvalue weighted by molar-refractivity contribution is 0.291. The molecule has 1 heterocycles. The molecule has 0 aliphatic carbocycles. The highest BCUT2D eigenvalue weighted by Gasteiger charge is 2.18. The molecule has 5 heteroatoms. The molecule has 0 atom stereocenters. The van der Waals surface area contributed by atoms with Gasteiger partial charge < -0.3 is 9.47 Å². The second kappa shape index (κ2) is 10.1. The topological polar surface area (TPSA) is 18.5 Å². The molecule has 0 bridgehead atoms. The maximum Gasteiger partial charge on any atom is 0.182 e. The van der Waals surface area contributed by atoms with Crippen LogP contribution >= 0.6 is 11.3 Å². The van der Waals surface area contributed by atoms with Crippen LogP contribution in [0.5, 0.6) is 11.5 Å². The first-order chi connectivity index (χ1) is 13.7. The van der Waals surface area contributed by atoms with Gasteiger partial charge >= 0.3 is 0 Å². The zero-order valence-corrected chi connectivity index (χ0v) is 17.5. The highest BCUT2D eigenvalue weighted by molar-refractivity contribution is 7.25. The van der Waals surface area contributed by atoms with Gasteiger partial charge in [-0.25, -0.2) is 8.78 Å². The van der Waals surface area contributed by atoms with Crippen molar-refractivity contribution in [3.8, 4) is 11.5 Å². The summed E-state index contributed by atoms with van der Waals surface area (Å²) in [6.45, 7) is 5.22. The van der Waals surface area contributed by atoms with E-state index in [0.717, 1.165) is 37.0 Å². The zero-order chi connectivity index (χ0) is 19.9. The van der Waals surface area contributed by atoms with Crippen LogP contribution in [0.2, 0.25) is 0 Å². The molecule has 0 fully saturated rings. The molecule has 152 valence electrons. The smallest absolute Gasteiger partial charge is 0.182 e. The summed E-state index contributed by atoms with van der Waals surface area (Å²) in [5.41, 5.74) is 0. The Labute approximate surface area is 169 Å². The number of hydrogen-bond acceptors (Lipinski definition) is 3. The molecule has 0 amide bonds. The lowest BCUT2D eigenvalue weighted by atomic mass is 10.1. The van der Waals surface area contributed by atoms with Crippen LogP contribution in [0.25, 0.3) is 20.2 Å². The molecule has 0 N–H and O–H groups in total. The van der Waals surface area contributed by atoms with Gasteiger partial charge in [0, 0.05) is 10.8 Å². The number of halogens is 2. The fraction of sp³-hybridized carbons (Fsp3) is 0.478. The third-order valence-corrected chi connectivity index (χ3v) is 6.09. The van der Waals surface area contributed by atoms with Gasteiger partial charge in [-0.15, -0.1) is 11.3 Å². The van der Waals surface area contributed by atoms with E-state index in [4.69, 9.17) is 9.47 Å². The van der Waals surface area contributed by atoms with Crippen molar-refractivity contribution >= 4 is 31.5 Å². The van der Waals surface area contributed by atoms with E-state index >= 15 is 0 Å². The average molecular weight is 407 g/mol. The van der Waals surface area contributed by atoms with E-state index in [1.165, 1.54) is 19.3 Å². The molecule has 0 aliphatic rings. The summed E-state index contributed by atoms with van der Waals surface area (Å²) in [4.78, 5) is 0. The Bertz CT molecular complexity index is 920. The minimum atomic E-state index is -0.410. The van der Waals surface area contributed by atoms with E-state index in [2.05, 4.69) is 13.8 Å². The van der Waals surface area contributed by atoms with Crippen LogP contribution in [-0.2, 0) is 0 Å². The Morgan fingerprint density at radius 3 is 1.71 bits per heavy atom. The van der Waals surface area contributed by atoms with Crippen LogP contribution < -0.4 is 9.47 Å². The Morgan fingerprint density at radius 1 is 0.679 bits per heavy atom. The van der Waals surface area contributed by atoms with Crippen molar-refractivity contribution in [2.45, 2.75) is 58.8 Å². The van der Waals surface area contributed by atoms with Crippen LogP contribution in [-0.4, -0.2) is 13.2 Å². The van der Waals surface area contributed by atoms with Gasteiger partial charge in [-0.3, -0.25) is 0 Å². The Hall–Kier alpha value is -1.88. The predicted molar refractivity (Wildman–Crippen MR) is 114 cm³/mol.